The molecule has 5 heteroatoms. The first kappa shape index (κ1) is 17.9. The third-order valence-corrected chi connectivity index (χ3v) is 2.87. The van der Waals surface area contributed by atoms with E-state index in [-0.39, 0.29) is 28.0 Å². The van der Waals surface area contributed by atoms with Crippen molar-refractivity contribution in [2.24, 2.45) is 9.98 Å². The van der Waals surface area contributed by atoms with Crippen molar-refractivity contribution in [1.29, 1.82) is 0 Å². The fraction of sp³-hybridized carbons (Fsp3) is 0.176. The average molecular weight is 339 g/mol. The Hall–Kier alpha value is -2.13. The van der Waals surface area contributed by atoms with Crippen LogP contribution in [0.25, 0.3) is 0 Å². The molecule has 0 unspecified atom stereocenters. The van der Waals surface area contributed by atoms with E-state index in [1.807, 2.05) is 12.1 Å². The van der Waals surface area contributed by atoms with Crippen molar-refractivity contribution in [2.45, 2.75) is 6.42 Å². The molecule has 0 saturated carbocycles. The van der Waals surface area contributed by atoms with Gasteiger partial charge in [0, 0.05) is 25.5 Å². The topological polar surface area (TPSA) is 70.8 Å². The number of hydrogen-bond donors (Lipinski definition) is 0. The molecule has 0 radical (unpaired) electrons. The maximum absolute atomic E-state index is 11.4. The van der Waals surface area contributed by atoms with Gasteiger partial charge in [0.2, 0.25) is 0 Å². The third kappa shape index (κ3) is 5.70. The van der Waals surface area contributed by atoms with E-state index in [2.05, 4.69) is 9.98 Å². The van der Waals surface area contributed by atoms with Crippen LogP contribution in [-0.2, 0) is 16.5 Å². The maximum Gasteiger partial charge on any atom is 2.00 e. The molecule has 2 aromatic carbocycles. The monoisotopic (exact) mass is 338 g/mol. The van der Waals surface area contributed by atoms with Crippen LogP contribution in [0, 0.1) is 0 Å². The van der Waals surface area contributed by atoms with E-state index in [4.69, 9.17) is 0 Å². The molecule has 0 aromatic heterocycles. The van der Waals surface area contributed by atoms with Gasteiger partial charge in [0.05, 0.1) is 0 Å². The molecule has 0 atom stereocenters. The van der Waals surface area contributed by atoms with E-state index < -0.39 is 0 Å². The fourth-order valence-corrected chi connectivity index (χ4v) is 1.75. The number of benzene rings is 2. The zero-order valence-corrected chi connectivity index (χ0v) is 12.9. The van der Waals surface area contributed by atoms with Gasteiger partial charge in [-0.15, -0.1) is 11.5 Å². The van der Waals surface area contributed by atoms with E-state index in [1.54, 1.807) is 36.7 Å². The smallest absolute Gasteiger partial charge is 0.872 e. The van der Waals surface area contributed by atoms with Crippen LogP contribution in [0.5, 0.6) is 11.5 Å². The minimum absolute atomic E-state index is 0. The predicted octanol–water partition coefficient (Wildman–Crippen LogP) is 1.76. The van der Waals surface area contributed by atoms with Gasteiger partial charge in [-0.05, 0) is 17.5 Å². The van der Waals surface area contributed by atoms with Crippen molar-refractivity contribution >= 4 is 12.4 Å². The van der Waals surface area contributed by atoms with Crippen LogP contribution >= 0.6 is 0 Å². The van der Waals surface area contributed by atoms with Gasteiger partial charge in [-0.3, -0.25) is 9.98 Å². The molecule has 0 amide bonds. The Morgan fingerprint density at radius 2 is 1.14 bits per heavy atom. The molecular weight excluding hydrogens is 323 g/mol. The third-order valence-electron chi connectivity index (χ3n) is 2.87. The molecule has 0 bridgehead atoms. The van der Waals surface area contributed by atoms with Crippen molar-refractivity contribution in [1.82, 2.24) is 0 Å². The summed E-state index contributed by atoms with van der Waals surface area (Å²) in [5.41, 5.74) is 1.20. The van der Waals surface area contributed by atoms with Crippen LogP contribution in [0.1, 0.15) is 17.5 Å². The van der Waals surface area contributed by atoms with Crippen molar-refractivity contribution in [3.63, 3.8) is 0 Å². The van der Waals surface area contributed by atoms with Gasteiger partial charge in [-0.25, -0.2) is 0 Å². The van der Waals surface area contributed by atoms with Crippen LogP contribution in [0.15, 0.2) is 58.5 Å². The Kier molecular flexibility index (Phi) is 7.94. The molecule has 0 saturated heterocycles. The van der Waals surface area contributed by atoms with Gasteiger partial charge >= 0.3 is 16.5 Å². The van der Waals surface area contributed by atoms with Crippen molar-refractivity contribution in [3.05, 3.63) is 59.7 Å². The predicted molar refractivity (Wildman–Crippen MR) is 81.3 cm³/mol. The van der Waals surface area contributed by atoms with Crippen molar-refractivity contribution in [2.75, 3.05) is 13.1 Å². The van der Waals surface area contributed by atoms with E-state index in [9.17, 15) is 10.2 Å². The standard InChI is InChI=1S/C17H18N2O2.Ni/c20-16-8-3-1-6-14(16)12-18-10-5-11-19-13-15-7-2-4-9-17(15)21;/h1-4,6-9,12-13,20-21H,5,10-11H2;/q;+2/p-2. The molecule has 2 rings (SSSR count). The Morgan fingerprint density at radius 1 is 0.727 bits per heavy atom. The summed E-state index contributed by atoms with van der Waals surface area (Å²) >= 11 is 0. The fourth-order valence-electron chi connectivity index (χ4n) is 1.75. The van der Waals surface area contributed by atoms with Gasteiger partial charge in [0.25, 0.3) is 0 Å². The van der Waals surface area contributed by atoms with E-state index in [0.717, 1.165) is 6.42 Å². The van der Waals surface area contributed by atoms with Gasteiger partial charge in [0.15, 0.2) is 0 Å². The van der Waals surface area contributed by atoms with Crippen LogP contribution in [0.2, 0.25) is 0 Å². The summed E-state index contributed by atoms with van der Waals surface area (Å²) in [5.74, 6) is -0.0438. The normalized spacial score (nSPS) is 10.9. The number of hydrogen-bond acceptors (Lipinski definition) is 4. The summed E-state index contributed by atoms with van der Waals surface area (Å²) in [5, 5.41) is 22.9. The van der Waals surface area contributed by atoms with E-state index in [1.165, 1.54) is 12.1 Å². The molecule has 0 fully saturated rings. The second kappa shape index (κ2) is 9.75. The van der Waals surface area contributed by atoms with Gasteiger partial charge < -0.3 is 10.2 Å². The first-order chi connectivity index (χ1) is 10.3. The van der Waals surface area contributed by atoms with Crippen LogP contribution < -0.4 is 10.2 Å². The summed E-state index contributed by atoms with van der Waals surface area (Å²) in [4.78, 5) is 8.41. The number of rotatable bonds is 6. The molecule has 22 heavy (non-hydrogen) atoms. The van der Waals surface area contributed by atoms with Crippen LogP contribution in [0.4, 0.5) is 0 Å². The Morgan fingerprint density at radius 3 is 1.55 bits per heavy atom. The van der Waals surface area contributed by atoms with Gasteiger partial charge in [-0.2, -0.15) is 0 Å². The zero-order chi connectivity index (χ0) is 14.9. The molecular formula is C17H16N2NiO2. The van der Waals surface area contributed by atoms with E-state index in [0.29, 0.717) is 24.2 Å². The Bertz CT molecular complexity index is 587. The molecule has 0 aliphatic rings. The van der Waals surface area contributed by atoms with Gasteiger partial charge in [0.1, 0.15) is 0 Å². The first-order valence-electron chi connectivity index (χ1n) is 6.79. The summed E-state index contributed by atoms with van der Waals surface area (Å²) in [6.45, 7) is 1.20. The second-order valence-corrected chi connectivity index (χ2v) is 4.50. The van der Waals surface area contributed by atoms with Crippen LogP contribution in [-0.4, -0.2) is 25.5 Å². The number of nitrogens with zero attached hydrogens (tertiary/aromatic N) is 2. The van der Waals surface area contributed by atoms with Crippen molar-refractivity contribution in [3.8, 4) is 11.5 Å². The minimum atomic E-state index is -0.0219. The molecule has 0 N–H and O–H groups in total. The second-order valence-electron chi connectivity index (χ2n) is 4.50. The molecule has 0 heterocycles. The average Bonchev–Trinajstić information content (AvgIpc) is 2.50. The molecule has 0 spiro atoms. The maximum atomic E-state index is 11.4. The molecule has 116 valence electrons. The Balaban J connectivity index is 0.00000242. The largest absolute Gasteiger partial charge is 2.00 e. The summed E-state index contributed by atoms with van der Waals surface area (Å²) in [7, 11) is 0. The summed E-state index contributed by atoms with van der Waals surface area (Å²) in [6.07, 6.45) is 3.97. The zero-order valence-electron chi connectivity index (χ0n) is 11.9. The summed E-state index contributed by atoms with van der Waals surface area (Å²) < 4.78 is 0. The number of para-hydroxylation sites is 2. The van der Waals surface area contributed by atoms with Gasteiger partial charge in [-0.1, -0.05) is 48.5 Å². The van der Waals surface area contributed by atoms with Crippen molar-refractivity contribution < 1.29 is 26.7 Å². The molecule has 2 aromatic rings. The molecule has 4 nitrogen and oxygen atoms in total. The summed E-state index contributed by atoms with van der Waals surface area (Å²) in [6, 6.07) is 13.6. The Labute approximate surface area is 140 Å². The van der Waals surface area contributed by atoms with Crippen LogP contribution in [0.3, 0.4) is 0 Å². The molecule has 0 aliphatic heterocycles. The quantitative estimate of drug-likeness (QED) is 0.457. The van der Waals surface area contributed by atoms with E-state index >= 15 is 0 Å². The SMILES string of the molecule is [Ni+2].[O-]c1ccccc1C=NCCCN=Cc1ccccc1[O-]. The molecule has 0 aliphatic carbocycles. The first-order valence-corrected chi connectivity index (χ1v) is 6.79. The minimum Gasteiger partial charge on any atom is -0.872 e. The number of aliphatic imine (C=N–C) groups is 2.